The van der Waals surface area contributed by atoms with Gasteiger partial charge in [-0.05, 0) is 18.8 Å². The molecule has 0 N–H and O–H groups in total. The van der Waals surface area contributed by atoms with E-state index in [9.17, 15) is 0 Å². The van der Waals surface area contributed by atoms with Crippen molar-refractivity contribution in [3.63, 3.8) is 0 Å². The average Bonchev–Trinajstić information content (AvgIpc) is 2.28. The molecule has 1 atom stereocenters. The first kappa shape index (κ1) is 14.4. The first-order valence-electron chi connectivity index (χ1n) is 5.39. The molecular formula is C12H22O2Si. The van der Waals surface area contributed by atoms with Gasteiger partial charge in [-0.1, -0.05) is 24.8 Å². The molecule has 0 saturated carbocycles. The maximum Gasteiger partial charge on any atom is 0.347 e. The molecule has 0 aromatic rings. The molecule has 0 amide bonds. The predicted octanol–water partition coefficient (Wildman–Crippen LogP) is 2.75. The quantitative estimate of drug-likeness (QED) is 0.421. The molecule has 0 saturated heterocycles. The Morgan fingerprint density at radius 2 is 1.73 bits per heavy atom. The maximum absolute atomic E-state index is 5.63. The number of allylic oxidation sites excluding steroid dienone is 2. The third-order valence-corrected chi connectivity index (χ3v) is 3.53. The smallest absolute Gasteiger partial charge is 0.347 e. The zero-order valence-electron chi connectivity index (χ0n) is 9.65. The van der Waals surface area contributed by atoms with Crippen LogP contribution in [0.5, 0.6) is 0 Å². The Morgan fingerprint density at radius 3 is 2.20 bits per heavy atom. The predicted molar refractivity (Wildman–Crippen MR) is 68.0 cm³/mol. The Balaban J connectivity index is 3.65. The van der Waals surface area contributed by atoms with Gasteiger partial charge in [0.15, 0.2) is 0 Å². The van der Waals surface area contributed by atoms with Crippen molar-refractivity contribution < 1.29 is 8.85 Å². The summed E-state index contributed by atoms with van der Waals surface area (Å²) in [6.07, 6.45) is 5.70. The highest BCUT2D eigenvalue weighted by atomic mass is 28.3. The SMILES string of the molecule is C=CC(C=C)CCO[SiH](C=C)OCCC. The molecule has 0 bridgehead atoms. The van der Waals surface area contributed by atoms with Crippen molar-refractivity contribution in [3.05, 3.63) is 37.6 Å². The largest absolute Gasteiger partial charge is 0.394 e. The van der Waals surface area contributed by atoms with E-state index < -0.39 is 9.28 Å². The summed E-state index contributed by atoms with van der Waals surface area (Å²) >= 11 is 0. The molecule has 3 heteroatoms. The second-order valence-electron chi connectivity index (χ2n) is 3.27. The highest BCUT2D eigenvalue weighted by Crippen LogP contribution is 2.06. The summed E-state index contributed by atoms with van der Waals surface area (Å²) in [7, 11) is -1.62. The lowest BCUT2D eigenvalue weighted by atomic mass is 10.1. The van der Waals surface area contributed by atoms with E-state index in [1.54, 1.807) is 0 Å². The molecule has 0 fully saturated rings. The Morgan fingerprint density at radius 1 is 1.13 bits per heavy atom. The molecule has 0 heterocycles. The van der Waals surface area contributed by atoms with Crippen molar-refractivity contribution in [2.24, 2.45) is 5.92 Å². The standard InChI is InChI=1S/C12H22O2Si/c1-5-10-13-15(8-4)14-11-9-12(6-2)7-3/h6-8,12,15H,2-5,9-11H2,1H3. The van der Waals surface area contributed by atoms with Crippen LogP contribution in [0.2, 0.25) is 0 Å². The second-order valence-corrected chi connectivity index (χ2v) is 5.14. The second kappa shape index (κ2) is 9.89. The third kappa shape index (κ3) is 7.30. The summed E-state index contributed by atoms with van der Waals surface area (Å²) in [4.78, 5) is 0. The Hall–Kier alpha value is -0.643. The highest BCUT2D eigenvalue weighted by Gasteiger charge is 2.08. The molecule has 0 rings (SSSR count). The molecule has 86 valence electrons. The van der Waals surface area contributed by atoms with Gasteiger partial charge in [-0.3, -0.25) is 0 Å². The molecule has 1 unspecified atom stereocenters. The lowest BCUT2D eigenvalue weighted by Gasteiger charge is -2.14. The minimum absolute atomic E-state index is 0.329. The summed E-state index contributed by atoms with van der Waals surface area (Å²) in [5, 5.41) is 0. The van der Waals surface area contributed by atoms with Gasteiger partial charge >= 0.3 is 9.28 Å². The van der Waals surface area contributed by atoms with Crippen LogP contribution >= 0.6 is 0 Å². The van der Waals surface area contributed by atoms with Gasteiger partial charge in [-0.25, -0.2) is 0 Å². The minimum Gasteiger partial charge on any atom is -0.394 e. The molecule has 2 nitrogen and oxygen atoms in total. The fourth-order valence-corrected chi connectivity index (χ4v) is 2.28. The van der Waals surface area contributed by atoms with Crippen molar-refractivity contribution in [2.75, 3.05) is 13.2 Å². The minimum atomic E-state index is -1.62. The summed E-state index contributed by atoms with van der Waals surface area (Å²) in [5.41, 5.74) is 1.81. The monoisotopic (exact) mass is 226 g/mol. The Labute approximate surface area is 95.1 Å². The van der Waals surface area contributed by atoms with Gasteiger partial charge in [-0.2, -0.15) is 0 Å². The van der Waals surface area contributed by atoms with Crippen molar-refractivity contribution in [2.45, 2.75) is 19.8 Å². The average molecular weight is 226 g/mol. The normalized spacial score (nSPS) is 12.4. The van der Waals surface area contributed by atoms with Gasteiger partial charge in [0.05, 0.1) is 0 Å². The topological polar surface area (TPSA) is 18.5 Å². The van der Waals surface area contributed by atoms with Gasteiger partial charge in [0.2, 0.25) is 0 Å². The Bertz CT molecular complexity index is 184. The van der Waals surface area contributed by atoms with E-state index in [0.717, 1.165) is 19.4 Å². The number of hydrogen-bond donors (Lipinski definition) is 0. The van der Waals surface area contributed by atoms with Crippen molar-refractivity contribution in [1.29, 1.82) is 0 Å². The molecule has 0 spiro atoms. The molecule has 0 radical (unpaired) electrons. The van der Waals surface area contributed by atoms with E-state index in [-0.39, 0.29) is 0 Å². The van der Waals surface area contributed by atoms with Crippen LogP contribution in [0.4, 0.5) is 0 Å². The molecule has 0 aromatic carbocycles. The first-order chi connectivity index (χ1) is 7.28. The molecule has 0 aliphatic rings. The first-order valence-corrected chi connectivity index (χ1v) is 7.00. The summed E-state index contributed by atoms with van der Waals surface area (Å²) in [5.74, 6) is 0.329. The van der Waals surface area contributed by atoms with Crippen LogP contribution in [0, 0.1) is 5.92 Å². The van der Waals surface area contributed by atoms with Gasteiger partial charge in [-0.15, -0.1) is 19.7 Å². The third-order valence-electron chi connectivity index (χ3n) is 2.02. The van der Waals surface area contributed by atoms with Crippen LogP contribution < -0.4 is 0 Å². The van der Waals surface area contributed by atoms with Gasteiger partial charge in [0.25, 0.3) is 0 Å². The van der Waals surface area contributed by atoms with E-state index in [0.29, 0.717) is 12.5 Å². The zero-order valence-corrected chi connectivity index (χ0v) is 10.8. The van der Waals surface area contributed by atoms with Gasteiger partial charge in [0.1, 0.15) is 0 Å². The zero-order chi connectivity index (χ0) is 11.5. The van der Waals surface area contributed by atoms with Crippen molar-refractivity contribution >= 4 is 9.28 Å². The Kier molecular flexibility index (Phi) is 9.47. The highest BCUT2D eigenvalue weighted by molar-refractivity contribution is 6.50. The number of rotatable bonds is 10. The maximum atomic E-state index is 5.63. The fraction of sp³-hybridized carbons (Fsp3) is 0.500. The van der Waals surface area contributed by atoms with Crippen LogP contribution in [0.1, 0.15) is 19.8 Å². The van der Waals surface area contributed by atoms with Crippen molar-refractivity contribution in [1.82, 2.24) is 0 Å². The summed E-state index contributed by atoms with van der Waals surface area (Å²) in [6.45, 7) is 14.7. The summed E-state index contributed by atoms with van der Waals surface area (Å²) < 4.78 is 11.2. The van der Waals surface area contributed by atoms with Crippen LogP contribution in [0.3, 0.4) is 0 Å². The molecule has 0 aliphatic carbocycles. The fourth-order valence-electron chi connectivity index (χ4n) is 1.07. The van der Waals surface area contributed by atoms with E-state index >= 15 is 0 Å². The molecule has 0 aromatic heterocycles. The molecule has 0 aliphatic heterocycles. The lowest BCUT2D eigenvalue weighted by molar-refractivity contribution is 0.201. The number of hydrogen-bond acceptors (Lipinski definition) is 2. The summed E-state index contributed by atoms with van der Waals surface area (Å²) in [6, 6.07) is 0. The van der Waals surface area contributed by atoms with E-state index in [1.165, 1.54) is 0 Å². The lowest BCUT2D eigenvalue weighted by Crippen LogP contribution is -2.22. The van der Waals surface area contributed by atoms with Crippen LogP contribution in [0.25, 0.3) is 0 Å². The van der Waals surface area contributed by atoms with E-state index in [2.05, 4.69) is 26.7 Å². The van der Waals surface area contributed by atoms with Gasteiger partial charge < -0.3 is 8.85 Å². The van der Waals surface area contributed by atoms with Crippen molar-refractivity contribution in [3.8, 4) is 0 Å². The van der Waals surface area contributed by atoms with Crippen LogP contribution in [-0.4, -0.2) is 22.5 Å². The van der Waals surface area contributed by atoms with E-state index in [4.69, 9.17) is 8.85 Å². The van der Waals surface area contributed by atoms with Crippen LogP contribution in [-0.2, 0) is 8.85 Å². The molecule has 15 heavy (non-hydrogen) atoms. The molecular weight excluding hydrogens is 204 g/mol. The van der Waals surface area contributed by atoms with E-state index in [1.807, 2.05) is 17.9 Å². The van der Waals surface area contributed by atoms with Gasteiger partial charge in [0, 0.05) is 13.2 Å². The van der Waals surface area contributed by atoms with Crippen LogP contribution in [0.15, 0.2) is 37.6 Å².